The van der Waals surface area contributed by atoms with Gasteiger partial charge >= 0.3 is 0 Å². The molecular weight excluding hydrogens is 306 g/mol. The Bertz CT molecular complexity index is 696. The van der Waals surface area contributed by atoms with Gasteiger partial charge in [-0.2, -0.15) is 0 Å². The summed E-state index contributed by atoms with van der Waals surface area (Å²) >= 11 is 0. The van der Waals surface area contributed by atoms with E-state index >= 15 is 0 Å². The normalized spacial score (nSPS) is 15.2. The third kappa shape index (κ3) is 3.79. The molecule has 2 aromatic heterocycles. The van der Waals surface area contributed by atoms with Crippen LogP contribution in [0.1, 0.15) is 29.0 Å². The molecule has 1 amide bonds. The van der Waals surface area contributed by atoms with Crippen molar-refractivity contribution in [2.45, 2.75) is 25.8 Å². The highest BCUT2D eigenvalue weighted by Gasteiger charge is 2.24. The summed E-state index contributed by atoms with van der Waals surface area (Å²) in [7, 11) is 1.64. The smallest absolute Gasteiger partial charge is 0.274 e. The number of hydrogen-bond acceptors (Lipinski definition) is 6. The van der Waals surface area contributed by atoms with Crippen LogP contribution in [0.15, 0.2) is 30.7 Å². The first-order valence-corrected chi connectivity index (χ1v) is 8.00. The third-order valence-corrected chi connectivity index (χ3v) is 4.10. The molecule has 0 radical (unpaired) electrons. The molecule has 7 heteroatoms. The van der Waals surface area contributed by atoms with Crippen LogP contribution in [0, 0.1) is 6.92 Å². The zero-order valence-electron chi connectivity index (χ0n) is 13.9. The number of anilines is 1. The largest absolute Gasteiger partial charge is 0.497 e. The van der Waals surface area contributed by atoms with Gasteiger partial charge in [0.25, 0.3) is 5.91 Å². The molecule has 0 spiro atoms. The van der Waals surface area contributed by atoms with Crippen LogP contribution >= 0.6 is 0 Å². The zero-order valence-corrected chi connectivity index (χ0v) is 13.9. The topological polar surface area (TPSA) is 80.2 Å². The summed E-state index contributed by atoms with van der Waals surface area (Å²) in [5.74, 6) is 1.52. The fraction of sp³-hybridized carbons (Fsp3) is 0.412. The molecule has 0 atom stereocenters. The fourth-order valence-electron chi connectivity index (χ4n) is 2.72. The predicted octanol–water partition coefficient (Wildman–Crippen LogP) is 1.91. The minimum absolute atomic E-state index is 0.0551. The summed E-state index contributed by atoms with van der Waals surface area (Å²) in [6.45, 7) is 3.23. The van der Waals surface area contributed by atoms with Gasteiger partial charge in [0.15, 0.2) is 0 Å². The third-order valence-electron chi connectivity index (χ3n) is 4.10. The van der Waals surface area contributed by atoms with Gasteiger partial charge in [-0.25, -0.2) is 9.97 Å². The molecule has 24 heavy (non-hydrogen) atoms. The first kappa shape index (κ1) is 16.2. The molecule has 0 unspecified atom stereocenters. The monoisotopic (exact) mass is 327 g/mol. The van der Waals surface area contributed by atoms with E-state index in [-0.39, 0.29) is 11.9 Å². The van der Waals surface area contributed by atoms with Crippen molar-refractivity contribution in [3.05, 3.63) is 42.1 Å². The number of pyridine rings is 1. The summed E-state index contributed by atoms with van der Waals surface area (Å²) in [4.78, 5) is 26.9. The maximum Gasteiger partial charge on any atom is 0.274 e. The number of rotatable bonds is 4. The van der Waals surface area contributed by atoms with Crippen LogP contribution in [0.3, 0.4) is 0 Å². The van der Waals surface area contributed by atoms with Gasteiger partial charge in [0.2, 0.25) is 0 Å². The molecule has 0 bridgehead atoms. The van der Waals surface area contributed by atoms with Gasteiger partial charge < -0.3 is 15.0 Å². The summed E-state index contributed by atoms with van der Waals surface area (Å²) in [6.07, 6.45) is 6.61. The van der Waals surface area contributed by atoms with Crippen LogP contribution in [0.25, 0.3) is 0 Å². The Hall–Kier alpha value is -2.70. The van der Waals surface area contributed by atoms with Crippen molar-refractivity contribution < 1.29 is 9.53 Å². The molecule has 3 heterocycles. The molecule has 1 aliphatic rings. The summed E-state index contributed by atoms with van der Waals surface area (Å²) in [6, 6.07) is 3.98. The van der Waals surface area contributed by atoms with Crippen molar-refractivity contribution in [1.29, 1.82) is 0 Å². The van der Waals surface area contributed by atoms with Gasteiger partial charge in [0.1, 0.15) is 17.3 Å². The maximum atomic E-state index is 12.4. The van der Waals surface area contributed by atoms with Crippen LogP contribution in [0.2, 0.25) is 0 Å². The Labute approximate surface area is 141 Å². The predicted molar refractivity (Wildman–Crippen MR) is 90.1 cm³/mol. The fourth-order valence-corrected chi connectivity index (χ4v) is 2.72. The van der Waals surface area contributed by atoms with Crippen molar-refractivity contribution in [3.63, 3.8) is 0 Å². The Kier molecular flexibility index (Phi) is 4.88. The van der Waals surface area contributed by atoms with Crippen molar-refractivity contribution in [2.24, 2.45) is 0 Å². The summed E-state index contributed by atoms with van der Waals surface area (Å²) in [5, 5.41) is 3.41. The highest BCUT2D eigenvalue weighted by Crippen LogP contribution is 2.19. The van der Waals surface area contributed by atoms with Gasteiger partial charge in [0.05, 0.1) is 19.0 Å². The lowest BCUT2D eigenvalue weighted by molar-refractivity contribution is 0.0712. The SMILES string of the molecule is COc1ccnc(NC2CCN(C(=O)c3cnc(C)cn3)CC2)c1. The number of aryl methyl sites for hydroxylation is 1. The van der Waals surface area contributed by atoms with Crippen molar-refractivity contribution in [2.75, 3.05) is 25.5 Å². The number of amides is 1. The summed E-state index contributed by atoms with van der Waals surface area (Å²) in [5.41, 5.74) is 1.21. The average Bonchev–Trinajstić information content (AvgIpc) is 2.62. The number of nitrogens with one attached hydrogen (secondary N) is 1. The van der Waals surface area contributed by atoms with E-state index in [2.05, 4.69) is 20.3 Å². The van der Waals surface area contributed by atoms with Gasteiger partial charge in [0, 0.05) is 37.6 Å². The van der Waals surface area contributed by atoms with E-state index in [1.54, 1.807) is 25.7 Å². The molecule has 1 N–H and O–H groups in total. The number of ether oxygens (including phenoxy) is 1. The molecule has 7 nitrogen and oxygen atoms in total. The van der Waals surface area contributed by atoms with E-state index in [9.17, 15) is 4.79 Å². The molecule has 0 aliphatic carbocycles. The van der Waals surface area contributed by atoms with Gasteiger partial charge in [-0.05, 0) is 25.8 Å². The number of carbonyl (C=O) groups is 1. The average molecular weight is 327 g/mol. The quantitative estimate of drug-likeness (QED) is 0.924. The van der Waals surface area contributed by atoms with Crippen LogP contribution in [-0.4, -0.2) is 52.0 Å². The second kappa shape index (κ2) is 7.25. The lowest BCUT2D eigenvalue weighted by Gasteiger charge is -2.32. The molecule has 0 saturated carbocycles. The molecule has 0 aromatic carbocycles. The lowest BCUT2D eigenvalue weighted by atomic mass is 10.0. The van der Waals surface area contributed by atoms with E-state index in [4.69, 9.17) is 4.74 Å². The van der Waals surface area contributed by atoms with E-state index in [0.717, 1.165) is 30.1 Å². The number of likely N-dealkylation sites (tertiary alicyclic amines) is 1. The number of piperidine rings is 1. The number of aromatic nitrogens is 3. The highest BCUT2D eigenvalue weighted by molar-refractivity contribution is 5.92. The van der Waals surface area contributed by atoms with Crippen LogP contribution in [0.4, 0.5) is 5.82 Å². The van der Waals surface area contributed by atoms with Gasteiger partial charge in [-0.3, -0.25) is 9.78 Å². The Morgan fingerprint density at radius 1 is 1.25 bits per heavy atom. The number of carbonyl (C=O) groups excluding carboxylic acids is 1. The first-order chi connectivity index (χ1) is 11.7. The standard InChI is InChI=1S/C17H21N5O2/c1-12-10-20-15(11-19-12)17(23)22-7-4-13(5-8-22)21-16-9-14(24-2)3-6-18-16/h3,6,9-11,13H,4-5,7-8H2,1-2H3,(H,18,21). The van der Waals surface area contributed by atoms with Gasteiger partial charge in [-0.15, -0.1) is 0 Å². The van der Waals surface area contributed by atoms with Crippen LogP contribution < -0.4 is 10.1 Å². The van der Waals surface area contributed by atoms with E-state index in [1.165, 1.54) is 0 Å². The number of methoxy groups -OCH3 is 1. The molecule has 1 saturated heterocycles. The van der Waals surface area contributed by atoms with Crippen LogP contribution in [-0.2, 0) is 0 Å². The number of hydrogen-bond donors (Lipinski definition) is 1. The molecule has 1 aliphatic heterocycles. The highest BCUT2D eigenvalue weighted by atomic mass is 16.5. The lowest BCUT2D eigenvalue weighted by Crippen LogP contribution is -2.42. The minimum Gasteiger partial charge on any atom is -0.497 e. The van der Waals surface area contributed by atoms with Gasteiger partial charge in [-0.1, -0.05) is 0 Å². The molecule has 126 valence electrons. The van der Waals surface area contributed by atoms with Crippen LogP contribution in [0.5, 0.6) is 5.75 Å². The zero-order chi connectivity index (χ0) is 16.9. The first-order valence-electron chi connectivity index (χ1n) is 8.00. The summed E-state index contributed by atoms with van der Waals surface area (Å²) < 4.78 is 5.20. The van der Waals surface area contributed by atoms with Crippen molar-refractivity contribution in [3.8, 4) is 5.75 Å². The van der Waals surface area contributed by atoms with E-state index in [1.807, 2.05) is 24.0 Å². The maximum absolute atomic E-state index is 12.4. The van der Waals surface area contributed by atoms with Crippen molar-refractivity contribution in [1.82, 2.24) is 19.9 Å². The molecule has 3 rings (SSSR count). The van der Waals surface area contributed by atoms with E-state index in [0.29, 0.717) is 18.8 Å². The minimum atomic E-state index is -0.0551. The second-order valence-corrected chi connectivity index (χ2v) is 5.83. The second-order valence-electron chi connectivity index (χ2n) is 5.83. The Balaban J connectivity index is 1.55. The van der Waals surface area contributed by atoms with Crippen molar-refractivity contribution >= 4 is 11.7 Å². The molecule has 2 aromatic rings. The Morgan fingerprint density at radius 3 is 2.71 bits per heavy atom. The number of nitrogens with zero attached hydrogens (tertiary/aromatic N) is 4. The Morgan fingerprint density at radius 2 is 2.04 bits per heavy atom. The molecule has 1 fully saturated rings. The molecular formula is C17H21N5O2. The van der Waals surface area contributed by atoms with E-state index < -0.39 is 0 Å².